The first-order valence-corrected chi connectivity index (χ1v) is 10.3. The predicted octanol–water partition coefficient (Wildman–Crippen LogP) is 3.62. The van der Waals surface area contributed by atoms with Crippen LogP contribution in [0.4, 0.5) is 4.39 Å². The zero-order valence-corrected chi connectivity index (χ0v) is 13.4. The molecule has 2 rings (SSSR count). The van der Waals surface area contributed by atoms with Crippen LogP contribution in [0.15, 0.2) is 24.3 Å². The fourth-order valence-corrected chi connectivity index (χ4v) is 5.39. The van der Waals surface area contributed by atoms with Crippen LogP contribution in [0.3, 0.4) is 0 Å². The van der Waals surface area contributed by atoms with Gasteiger partial charge in [-0.25, -0.2) is 9.18 Å². The number of halogens is 1. The summed E-state index contributed by atoms with van der Waals surface area (Å²) in [6.45, 7) is 8.89. The zero-order chi connectivity index (χ0) is 15.2. The average Bonchev–Trinajstić information content (AvgIpc) is 2.70. The third-order valence-corrected chi connectivity index (χ3v) is 8.82. The first-order valence-electron chi connectivity index (χ1n) is 6.78. The molecule has 5 heteroatoms. The van der Waals surface area contributed by atoms with Gasteiger partial charge in [-0.2, -0.15) is 0 Å². The van der Waals surface area contributed by atoms with Crippen LogP contribution in [-0.2, 0) is 15.1 Å². The van der Waals surface area contributed by atoms with Crippen LogP contribution in [0, 0.1) is 5.82 Å². The van der Waals surface area contributed by atoms with Crippen LogP contribution >= 0.6 is 0 Å². The summed E-state index contributed by atoms with van der Waals surface area (Å²) in [4.78, 5) is 12.1. The SMILES string of the molecule is CC1([Si](C)(C)C)CCOC1(C(=O)O)c1ccc(F)cc1. The summed E-state index contributed by atoms with van der Waals surface area (Å²) in [5, 5.41) is 9.45. The van der Waals surface area contributed by atoms with Crippen LogP contribution in [0.1, 0.15) is 18.9 Å². The van der Waals surface area contributed by atoms with Gasteiger partial charge >= 0.3 is 5.97 Å². The Morgan fingerprint density at radius 2 is 1.85 bits per heavy atom. The normalized spacial score (nSPS) is 30.4. The molecule has 0 aliphatic carbocycles. The summed E-state index contributed by atoms with van der Waals surface area (Å²) in [7, 11) is -1.84. The summed E-state index contributed by atoms with van der Waals surface area (Å²) in [5.74, 6) is -1.35. The second-order valence-electron chi connectivity index (χ2n) is 6.67. The smallest absolute Gasteiger partial charge is 0.340 e. The van der Waals surface area contributed by atoms with Crippen molar-refractivity contribution in [3.8, 4) is 0 Å². The van der Waals surface area contributed by atoms with Crippen molar-refractivity contribution in [2.24, 2.45) is 0 Å². The molecule has 1 aromatic carbocycles. The molecule has 1 N–H and O–H groups in total. The van der Waals surface area contributed by atoms with E-state index in [2.05, 4.69) is 19.6 Å². The molecule has 0 saturated carbocycles. The summed E-state index contributed by atoms with van der Waals surface area (Å²) < 4.78 is 18.9. The maximum absolute atomic E-state index is 13.1. The number of hydrogen-bond acceptors (Lipinski definition) is 2. The average molecular weight is 296 g/mol. The molecule has 20 heavy (non-hydrogen) atoms. The molecule has 0 bridgehead atoms. The minimum Gasteiger partial charge on any atom is -0.479 e. The highest BCUT2D eigenvalue weighted by atomic mass is 28.3. The summed E-state index contributed by atoms with van der Waals surface area (Å²) in [6.07, 6.45) is 0.715. The fourth-order valence-electron chi connectivity index (χ4n) is 3.15. The van der Waals surface area contributed by atoms with E-state index in [1.807, 2.05) is 6.92 Å². The molecule has 0 amide bonds. The van der Waals surface area contributed by atoms with Crippen molar-refractivity contribution < 1.29 is 19.0 Å². The van der Waals surface area contributed by atoms with E-state index in [1.54, 1.807) is 0 Å². The molecule has 1 heterocycles. The van der Waals surface area contributed by atoms with Gasteiger partial charge in [0.15, 0.2) is 5.60 Å². The van der Waals surface area contributed by atoms with Gasteiger partial charge in [0.05, 0.1) is 8.07 Å². The number of carbonyl (C=O) groups is 1. The number of ether oxygens (including phenoxy) is 1. The van der Waals surface area contributed by atoms with Gasteiger partial charge in [0.1, 0.15) is 5.82 Å². The summed E-state index contributed by atoms with van der Waals surface area (Å²) >= 11 is 0. The molecule has 1 fully saturated rings. The maximum Gasteiger partial charge on any atom is 0.340 e. The van der Waals surface area contributed by atoms with Gasteiger partial charge in [-0.1, -0.05) is 38.7 Å². The van der Waals surface area contributed by atoms with Crippen molar-refractivity contribution in [2.45, 2.75) is 43.6 Å². The number of aliphatic carboxylic acids is 1. The topological polar surface area (TPSA) is 46.5 Å². The third-order valence-electron chi connectivity index (χ3n) is 4.90. The number of benzene rings is 1. The Morgan fingerprint density at radius 1 is 1.30 bits per heavy atom. The van der Waals surface area contributed by atoms with Crippen molar-refractivity contribution in [1.29, 1.82) is 0 Å². The highest BCUT2D eigenvalue weighted by Gasteiger charge is 2.64. The van der Waals surface area contributed by atoms with Crippen LogP contribution in [0.2, 0.25) is 24.7 Å². The van der Waals surface area contributed by atoms with E-state index in [4.69, 9.17) is 4.74 Å². The predicted molar refractivity (Wildman–Crippen MR) is 78.0 cm³/mol. The van der Waals surface area contributed by atoms with E-state index >= 15 is 0 Å². The Balaban J connectivity index is 2.66. The number of hydrogen-bond donors (Lipinski definition) is 1. The van der Waals surface area contributed by atoms with Crippen LogP contribution in [-0.4, -0.2) is 25.8 Å². The molecule has 110 valence electrons. The molecule has 0 spiro atoms. The fraction of sp³-hybridized carbons (Fsp3) is 0.533. The highest BCUT2D eigenvalue weighted by molar-refractivity contribution is 6.79. The molecular formula is C15H21FO3Si. The van der Waals surface area contributed by atoms with E-state index in [-0.39, 0.29) is 5.82 Å². The minimum absolute atomic E-state index is 0.373. The summed E-state index contributed by atoms with van der Waals surface area (Å²) in [5.41, 5.74) is -0.834. The van der Waals surface area contributed by atoms with Crippen molar-refractivity contribution in [3.05, 3.63) is 35.6 Å². The van der Waals surface area contributed by atoms with Gasteiger partial charge in [-0.05, 0) is 24.1 Å². The van der Waals surface area contributed by atoms with E-state index in [9.17, 15) is 14.3 Å². The van der Waals surface area contributed by atoms with Gasteiger partial charge < -0.3 is 9.84 Å². The van der Waals surface area contributed by atoms with Gasteiger partial charge in [0.25, 0.3) is 0 Å². The Bertz CT molecular complexity index is 523. The van der Waals surface area contributed by atoms with Crippen LogP contribution < -0.4 is 0 Å². The van der Waals surface area contributed by atoms with Gasteiger partial charge in [0.2, 0.25) is 0 Å². The molecular weight excluding hydrogens is 275 g/mol. The number of carboxylic acid groups (broad SMARTS) is 1. The monoisotopic (exact) mass is 296 g/mol. The van der Waals surface area contributed by atoms with Crippen molar-refractivity contribution >= 4 is 14.0 Å². The Morgan fingerprint density at radius 3 is 2.30 bits per heavy atom. The second-order valence-corrected chi connectivity index (χ2v) is 12.3. The minimum atomic E-state index is -1.84. The van der Waals surface area contributed by atoms with E-state index < -0.39 is 24.7 Å². The van der Waals surface area contributed by atoms with Crippen LogP contribution in [0.25, 0.3) is 0 Å². The lowest BCUT2D eigenvalue weighted by atomic mass is 9.81. The highest BCUT2D eigenvalue weighted by Crippen LogP contribution is 2.61. The van der Waals surface area contributed by atoms with E-state index in [1.165, 1.54) is 24.3 Å². The van der Waals surface area contributed by atoms with Crippen molar-refractivity contribution in [3.63, 3.8) is 0 Å². The summed E-state index contributed by atoms with van der Waals surface area (Å²) in [6, 6.07) is 5.67. The molecule has 3 nitrogen and oxygen atoms in total. The lowest BCUT2D eigenvalue weighted by Crippen LogP contribution is -2.54. The lowest BCUT2D eigenvalue weighted by Gasteiger charge is -2.47. The second kappa shape index (κ2) is 4.67. The molecule has 0 aromatic heterocycles. The first kappa shape index (κ1) is 15.2. The van der Waals surface area contributed by atoms with Gasteiger partial charge in [-0.3, -0.25) is 0 Å². The standard InChI is InChI=1S/C15H21FO3Si/c1-14(20(2,3)4)9-10-19-15(14,13(17)18)11-5-7-12(16)8-6-11/h5-8H,9-10H2,1-4H3,(H,17,18). The lowest BCUT2D eigenvalue weighted by molar-refractivity contribution is -0.164. The van der Waals surface area contributed by atoms with Gasteiger partial charge in [-0.15, -0.1) is 0 Å². The molecule has 1 aliphatic heterocycles. The molecule has 2 atom stereocenters. The Kier molecular flexibility index (Phi) is 3.55. The molecule has 0 radical (unpaired) electrons. The van der Waals surface area contributed by atoms with Crippen LogP contribution in [0.5, 0.6) is 0 Å². The maximum atomic E-state index is 13.1. The van der Waals surface area contributed by atoms with Crippen molar-refractivity contribution in [1.82, 2.24) is 0 Å². The van der Waals surface area contributed by atoms with Gasteiger partial charge in [0, 0.05) is 11.6 Å². The molecule has 2 unspecified atom stereocenters. The van der Waals surface area contributed by atoms with E-state index in [0.717, 1.165) is 0 Å². The third kappa shape index (κ3) is 1.91. The molecule has 1 aromatic rings. The molecule has 1 aliphatic rings. The Hall–Kier alpha value is -1.20. The quantitative estimate of drug-likeness (QED) is 0.867. The molecule has 1 saturated heterocycles. The number of carboxylic acids is 1. The van der Waals surface area contributed by atoms with Crippen molar-refractivity contribution in [2.75, 3.05) is 6.61 Å². The van der Waals surface area contributed by atoms with E-state index in [0.29, 0.717) is 18.6 Å². The zero-order valence-electron chi connectivity index (χ0n) is 12.4. The first-order chi connectivity index (χ1) is 9.15. The largest absolute Gasteiger partial charge is 0.479 e. The number of rotatable bonds is 3. The Labute approximate surface area is 119 Å².